The number of methoxy groups -OCH3 is 2. The number of fused-ring (bicyclic) bond motifs is 1. The molecule has 1 aliphatic rings. The maximum absolute atomic E-state index is 12.2. The van der Waals surface area contributed by atoms with Crippen LogP contribution >= 0.6 is 11.6 Å². The number of anilines is 2. The molecule has 0 aliphatic heterocycles. The molecular formula is C28H34ClN7O5. The van der Waals surface area contributed by atoms with Crippen molar-refractivity contribution < 1.29 is 19.0 Å². The van der Waals surface area contributed by atoms with Gasteiger partial charge in [-0.15, -0.1) is 0 Å². The minimum absolute atomic E-state index is 0.179. The molecule has 218 valence electrons. The van der Waals surface area contributed by atoms with Gasteiger partial charge in [-0.25, -0.2) is 14.6 Å². The van der Waals surface area contributed by atoms with Crippen molar-refractivity contribution in [3.8, 4) is 11.5 Å². The molecule has 4 N–H and O–H groups in total. The number of nitrogens with one attached hydrogen (secondary N) is 2. The van der Waals surface area contributed by atoms with E-state index in [4.69, 9.17) is 31.5 Å². The standard InChI is InChI=1S/C17H18ClN5O3.C11H16N2O2/c1-19-16(24)23-15-14(21-17(23)25)12(8-13(18)20-15)22(2)9-10-4-6-11(26-3)7-5-10;1-14-11-6-13-8(5-10(11)12)7-15-9-3-2-4-9/h4-8H,9H2,1-3H3,(H,19,24)(H,21,25);5-6,9H,2-4,7H2,1H3,(H2,12,13). The molecule has 41 heavy (non-hydrogen) atoms. The van der Waals surface area contributed by atoms with E-state index in [-0.39, 0.29) is 10.8 Å². The number of carbonyl (C=O) groups is 1. The molecule has 3 heterocycles. The van der Waals surface area contributed by atoms with Crippen molar-refractivity contribution in [1.29, 1.82) is 0 Å². The van der Waals surface area contributed by atoms with E-state index in [0.29, 0.717) is 41.9 Å². The molecule has 0 saturated heterocycles. The zero-order valence-corrected chi connectivity index (χ0v) is 24.2. The first-order valence-corrected chi connectivity index (χ1v) is 13.4. The van der Waals surface area contributed by atoms with Gasteiger partial charge in [0.25, 0.3) is 0 Å². The first kappa shape index (κ1) is 29.7. The summed E-state index contributed by atoms with van der Waals surface area (Å²) in [4.78, 5) is 37.1. The second kappa shape index (κ2) is 13.4. The maximum atomic E-state index is 12.2. The van der Waals surface area contributed by atoms with Gasteiger partial charge >= 0.3 is 11.7 Å². The molecule has 1 saturated carbocycles. The number of aromatic nitrogens is 4. The normalized spacial score (nSPS) is 12.7. The topological polar surface area (TPSA) is 150 Å². The van der Waals surface area contributed by atoms with Crippen LogP contribution in [0.4, 0.5) is 16.2 Å². The number of amides is 1. The fourth-order valence-corrected chi connectivity index (χ4v) is 4.40. The van der Waals surface area contributed by atoms with Gasteiger partial charge in [-0.3, -0.25) is 4.98 Å². The minimum atomic E-state index is -0.584. The van der Waals surface area contributed by atoms with E-state index in [0.717, 1.165) is 21.6 Å². The molecule has 12 nitrogen and oxygen atoms in total. The highest BCUT2D eigenvalue weighted by Crippen LogP contribution is 2.28. The molecule has 0 spiro atoms. The third kappa shape index (κ3) is 7.08. The van der Waals surface area contributed by atoms with Gasteiger partial charge in [0, 0.05) is 26.7 Å². The second-order valence-corrected chi connectivity index (χ2v) is 9.86. The van der Waals surface area contributed by atoms with Crippen molar-refractivity contribution in [2.75, 3.05) is 38.9 Å². The molecule has 4 aromatic rings. The smallest absolute Gasteiger partial charge is 0.336 e. The summed E-state index contributed by atoms with van der Waals surface area (Å²) in [5, 5.41) is 2.60. The zero-order chi connectivity index (χ0) is 29.5. The number of pyridine rings is 2. The fourth-order valence-electron chi connectivity index (χ4n) is 4.22. The van der Waals surface area contributed by atoms with E-state index in [9.17, 15) is 9.59 Å². The van der Waals surface area contributed by atoms with Gasteiger partial charge < -0.3 is 35.1 Å². The molecular weight excluding hydrogens is 550 g/mol. The number of rotatable bonds is 8. The van der Waals surface area contributed by atoms with Crippen molar-refractivity contribution in [1.82, 2.24) is 24.8 Å². The quantitative estimate of drug-likeness (QED) is 0.262. The summed E-state index contributed by atoms with van der Waals surface area (Å²) < 4.78 is 16.7. The number of nitrogen functional groups attached to an aromatic ring is 1. The Morgan fingerprint density at radius 1 is 1.22 bits per heavy atom. The maximum Gasteiger partial charge on any atom is 0.336 e. The molecule has 0 atom stereocenters. The Morgan fingerprint density at radius 3 is 2.54 bits per heavy atom. The summed E-state index contributed by atoms with van der Waals surface area (Å²) in [5.74, 6) is 1.39. The molecule has 1 fully saturated rings. The summed E-state index contributed by atoms with van der Waals surface area (Å²) in [7, 11) is 6.50. The molecule has 0 bridgehead atoms. The van der Waals surface area contributed by atoms with E-state index < -0.39 is 11.7 Å². The van der Waals surface area contributed by atoms with E-state index in [1.54, 1.807) is 32.5 Å². The van der Waals surface area contributed by atoms with Crippen molar-refractivity contribution in [2.24, 2.45) is 0 Å². The first-order chi connectivity index (χ1) is 19.7. The number of H-pyrrole nitrogens is 1. The fraction of sp³-hybridized carbons (Fsp3) is 0.357. The lowest BCUT2D eigenvalue weighted by molar-refractivity contribution is -0.0101. The monoisotopic (exact) mass is 583 g/mol. The molecule has 1 aliphatic carbocycles. The number of halogens is 1. The van der Waals surface area contributed by atoms with Crippen LogP contribution in [0.2, 0.25) is 5.15 Å². The highest BCUT2D eigenvalue weighted by atomic mass is 35.5. The number of carbonyl (C=O) groups excluding carboxylic acids is 1. The highest BCUT2D eigenvalue weighted by molar-refractivity contribution is 6.30. The van der Waals surface area contributed by atoms with Gasteiger partial charge in [-0.05, 0) is 43.0 Å². The van der Waals surface area contributed by atoms with Crippen molar-refractivity contribution in [2.45, 2.75) is 38.5 Å². The molecule has 1 aromatic carbocycles. The van der Waals surface area contributed by atoms with Gasteiger partial charge in [0.05, 0.1) is 50.2 Å². The molecule has 0 unspecified atom stereocenters. The number of nitrogens with zero attached hydrogens (tertiary/aromatic N) is 4. The van der Waals surface area contributed by atoms with Crippen LogP contribution in [0.3, 0.4) is 0 Å². The Balaban J connectivity index is 0.000000218. The van der Waals surface area contributed by atoms with Crippen LogP contribution in [0.5, 0.6) is 11.5 Å². The number of imidazole rings is 1. The van der Waals surface area contributed by atoms with E-state index in [1.807, 2.05) is 36.2 Å². The van der Waals surface area contributed by atoms with Crippen LogP contribution in [0, 0.1) is 0 Å². The van der Waals surface area contributed by atoms with Crippen LogP contribution in [-0.4, -0.2) is 60.0 Å². The Bertz CT molecular complexity index is 1550. The van der Waals surface area contributed by atoms with E-state index >= 15 is 0 Å². The van der Waals surface area contributed by atoms with Gasteiger partial charge in [0.1, 0.15) is 16.4 Å². The molecule has 1 amide bonds. The summed E-state index contributed by atoms with van der Waals surface area (Å²) >= 11 is 6.12. The van der Waals surface area contributed by atoms with Crippen LogP contribution in [0.15, 0.2) is 47.4 Å². The second-order valence-electron chi connectivity index (χ2n) is 9.47. The summed E-state index contributed by atoms with van der Waals surface area (Å²) in [6, 6.07) is 10.5. The Morgan fingerprint density at radius 2 is 1.95 bits per heavy atom. The highest BCUT2D eigenvalue weighted by Gasteiger charge is 2.20. The number of benzene rings is 1. The number of hydrogen-bond donors (Lipinski definition) is 3. The summed E-state index contributed by atoms with van der Waals surface area (Å²) in [6.07, 6.45) is 5.68. The lowest BCUT2D eigenvalue weighted by Gasteiger charge is -2.25. The minimum Gasteiger partial charge on any atom is -0.497 e. The van der Waals surface area contributed by atoms with Crippen LogP contribution in [0.25, 0.3) is 11.2 Å². The van der Waals surface area contributed by atoms with Gasteiger partial charge in [0.15, 0.2) is 11.4 Å². The van der Waals surface area contributed by atoms with E-state index in [2.05, 4.69) is 20.3 Å². The SMILES string of the molecule is CNC(=O)n1c(=O)[nH]c2c(N(C)Cc3ccc(OC)cc3)cc(Cl)nc21.COc1cnc(COC2CCC2)cc1N. The van der Waals surface area contributed by atoms with Gasteiger partial charge in [-0.1, -0.05) is 23.7 Å². The molecule has 13 heteroatoms. The number of aromatic amines is 1. The lowest BCUT2D eigenvalue weighted by Crippen LogP contribution is -2.32. The van der Waals surface area contributed by atoms with Crippen molar-refractivity contribution in [3.05, 3.63) is 69.5 Å². The molecule has 0 radical (unpaired) electrons. The van der Waals surface area contributed by atoms with Crippen LogP contribution in [0.1, 0.15) is 30.5 Å². The van der Waals surface area contributed by atoms with Crippen LogP contribution in [-0.2, 0) is 17.9 Å². The predicted octanol–water partition coefficient (Wildman–Crippen LogP) is 3.95. The lowest BCUT2D eigenvalue weighted by atomic mass is 9.96. The number of ether oxygens (including phenoxy) is 3. The Labute approximate surface area is 242 Å². The summed E-state index contributed by atoms with van der Waals surface area (Å²) in [6.45, 7) is 1.10. The van der Waals surface area contributed by atoms with Gasteiger partial charge in [-0.2, -0.15) is 4.57 Å². The predicted molar refractivity (Wildman–Crippen MR) is 158 cm³/mol. The number of nitrogens with two attached hydrogens (primary N) is 1. The largest absolute Gasteiger partial charge is 0.497 e. The van der Waals surface area contributed by atoms with E-state index in [1.165, 1.54) is 26.3 Å². The van der Waals surface area contributed by atoms with Gasteiger partial charge in [0.2, 0.25) is 0 Å². The molecule has 3 aromatic heterocycles. The average Bonchev–Trinajstić information content (AvgIpc) is 3.27. The Kier molecular flexibility index (Phi) is 9.69. The first-order valence-electron chi connectivity index (χ1n) is 13.0. The van der Waals surface area contributed by atoms with Crippen LogP contribution < -0.4 is 31.1 Å². The van der Waals surface area contributed by atoms with Crippen molar-refractivity contribution in [3.63, 3.8) is 0 Å². The molecule has 5 rings (SSSR count). The summed E-state index contributed by atoms with van der Waals surface area (Å²) in [5.41, 5.74) is 8.99. The third-order valence-electron chi connectivity index (χ3n) is 6.70. The zero-order valence-electron chi connectivity index (χ0n) is 23.4. The van der Waals surface area contributed by atoms with Crippen molar-refractivity contribution >= 4 is 40.2 Å². The number of hydrogen-bond acceptors (Lipinski definition) is 9. The Hall–Kier alpha value is -4.29. The third-order valence-corrected chi connectivity index (χ3v) is 6.89. The average molecular weight is 584 g/mol.